The minimum Gasteiger partial charge on any atom is -0.476 e. The maximum atomic E-state index is 10.1. The van der Waals surface area contributed by atoms with E-state index in [1.807, 2.05) is 11.5 Å². The summed E-state index contributed by atoms with van der Waals surface area (Å²) in [6, 6.07) is 1.48. The van der Waals surface area contributed by atoms with Crippen LogP contribution in [0.15, 0.2) is 23.2 Å². The number of pyridine rings is 1. The van der Waals surface area contributed by atoms with E-state index in [0.29, 0.717) is 47.1 Å². The van der Waals surface area contributed by atoms with Gasteiger partial charge in [0.05, 0.1) is 11.8 Å². The largest absolute Gasteiger partial charge is 0.476 e. The van der Waals surface area contributed by atoms with Crippen LogP contribution >= 0.6 is 0 Å². The van der Waals surface area contributed by atoms with E-state index in [1.54, 1.807) is 32.4 Å². The Morgan fingerprint density at radius 3 is 2.79 bits per heavy atom. The molecule has 4 aromatic rings. The van der Waals surface area contributed by atoms with Crippen LogP contribution in [0.25, 0.3) is 22.6 Å². The number of nitrogens with two attached hydrogens (primary N) is 2. The van der Waals surface area contributed by atoms with Gasteiger partial charge < -0.3 is 30.9 Å². The molecular formula is C21H25N9O3. The van der Waals surface area contributed by atoms with E-state index in [0.717, 1.165) is 5.69 Å². The SMILES string of the molecule is CCn1c(-c2nonc2N)nc2c(C#CC(C)(C)O)nc(OC[C@@H](N)Cc3cnc[nH]3)cc21. The third-order valence-corrected chi connectivity index (χ3v) is 4.72. The number of rotatable bonds is 7. The van der Waals surface area contributed by atoms with Crippen molar-refractivity contribution >= 4 is 16.9 Å². The van der Waals surface area contributed by atoms with Gasteiger partial charge in [-0.3, -0.25) is 0 Å². The van der Waals surface area contributed by atoms with Gasteiger partial charge in [0.1, 0.15) is 23.4 Å². The number of anilines is 1. The third kappa shape index (κ3) is 4.94. The Kier molecular flexibility index (Phi) is 5.99. The van der Waals surface area contributed by atoms with Crippen molar-refractivity contribution in [3.63, 3.8) is 0 Å². The fourth-order valence-corrected chi connectivity index (χ4v) is 3.25. The molecule has 4 aromatic heterocycles. The molecular weight excluding hydrogens is 426 g/mol. The molecule has 6 N–H and O–H groups in total. The van der Waals surface area contributed by atoms with Gasteiger partial charge in [0, 0.05) is 37.0 Å². The van der Waals surface area contributed by atoms with E-state index >= 15 is 0 Å². The van der Waals surface area contributed by atoms with Crippen LogP contribution in [-0.2, 0) is 13.0 Å². The van der Waals surface area contributed by atoms with Crippen LogP contribution in [0.3, 0.4) is 0 Å². The average molecular weight is 451 g/mol. The number of nitrogen functional groups attached to an aromatic ring is 1. The number of imidazole rings is 2. The summed E-state index contributed by atoms with van der Waals surface area (Å²) >= 11 is 0. The molecule has 12 nitrogen and oxygen atoms in total. The van der Waals surface area contributed by atoms with Crippen LogP contribution in [0.5, 0.6) is 5.88 Å². The minimum atomic E-state index is -1.21. The van der Waals surface area contributed by atoms with Gasteiger partial charge >= 0.3 is 0 Å². The number of aryl methyl sites for hydroxylation is 1. The highest BCUT2D eigenvalue weighted by Crippen LogP contribution is 2.29. The third-order valence-electron chi connectivity index (χ3n) is 4.72. The molecule has 0 aromatic carbocycles. The first kappa shape index (κ1) is 22.3. The van der Waals surface area contributed by atoms with Crippen molar-refractivity contribution in [3.8, 4) is 29.2 Å². The molecule has 0 aliphatic rings. The predicted octanol–water partition coefficient (Wildman–Crippen LogP) is 0.878. The Bertz CT molecular complexity index is 1310. The maximum Gasteiger partial charge on any atom is 0.216 e. The van der Waals surface area contributed by atoms with E-state index in [9.17, 15) is 5.11 Å². The fourth-order valence-electron chi connectivity index (χ4n) is 3.25. The van der Waals surface area contributed by atoms with Crippen molar-refractivity contribution in [1.82, 2.24) is 34.8 Å². The Morgan fingerprint density at radius 2 is 2.15 bits per heavy atom. The second-order valence-corrected chi connectivity index (χ2v) is 8.02. The van der Waals surface area contributed by atoms with Crippen molar-refractivity contribution < 1.29 is 14.5 Å². The average Bonchev–Trinajstić information content (AvgIpc) is 3.49. The molecule has 4 heterocycles. The normalized spacial score (nSPS) is 12.5. The second kappa shape index (κ2) is 8.89. The number of nitrogens with one attached hydrogen (secondary N) is 1. The van der Waals surface area contributed by atoms with Crippen LogP contribution in [0.2, 0.25) is 0 Å². The molecule has 0 unspecified atom stereocenters. The summed E-state index contributed by atoms with van der Waals surface area (Å²) in [4.78, 5) is 16.2. The molecule has 0 spiro atoms. The van der Waals surface area contributed by atoms with Crippen LogP contribution in [0.4, 0.5) is 5.82 Å². The number of aliphatic hydroxyl groups is 1. The zero-order valence-electron chi connectivity index (χ0n) is 18.5. The summed E-state index contributed by atoms with van der Waals surface area (Å²) < 4.78 is 12.5. The van der Waals surface area contributed by atoms with Gasteiger partial charge in [0.25, 0.3) is 0 Å². The molecule has 33 heavy (non-hydrogen) atoms. The fraction of sp³-hybridized carbons (Fsp3) is 0.381. The molecule has 0 bridgehead atoms. The Balaban J connectivity index is 1.74. The first-order valence-corrected chi connectivity index (χ1v) is 10.4. The lowest BCUT2D eigenvalue weighted by Crippen LogP contribution is -2.30. The standard InChI is InChI=1S/C21H25N9O3/c1-4-30-15-8-16(32-10-12(22)7-13-9-24-11-25-13)26-14(5-6-21(2,3)31)17(15)27-20(30)18-19(23)29-33-28-18/h8-9,11-12,31H,4,7,10,22H2,1-3H3,(H2,23,29)(H,24,25)/t12-/m0/s1. The summed E-state index contributed by atoms with van der Waals surface area (Å²) in [6.07, 6.45) is 3.90. The molecule has 0 saturated heterocycles. The number of H-pyrrole nitrogens is 1. The molecule has 0 amide bonds. The van der Waals surface area contributed by atoms with Gasteiger partial charge in [0.15, 0.2) is 17.3 Å². The monoisotopic (exact) mass is 451 g/mol. The van der Waals surface area contributed by atoms with Gasteiger partial charge in [-0.05, 0) is 37.0 Å². The Hall–Kier alpha value is -3.95. The smallest absolute Gasteiger partial charge is 0.216 e. The number of hydrogen-bond donors (Lipinski definition) is 4. The number of nitrogens with zero attached hydrogens (tertiary/aromatic N) is 6. The highest BCUT2D eigenvalue weighted by molar-refractivity contribution is 5.86. The van der Waals surface area contributed by atoms with Crippen molar-refractivity contribution in [1.29, 1.82) is 0 Å². The van der Waals surface area contributed by atoms with Crippen molar-refractivity contribution in [2.75, 3.05) is 12.3 Å². The van der Waals surface area contributed by atoms with E-state index in [1.165, 1.54) is 0 Å². The van der Waals surface area contributed by atoms with Crippen LogP contribution in [0, 0.1) is 11.8 Å². The lowest BCUT2D eigenvalue weighted by atomic mass is 10.1. The lowest BCUT2D eigenvalue weighted by molar-refractivity contribution is 0.143. The lowest BCUT2D eigenvalue weighted by Gasteiger charge is -2.13. The quantitative estimate of drug-likeness (QED) is 0.294. The number of aromatic amines is 1. The summed E-state index contributed by atoms with van der Waals surface area (Å²) in [6.45, 7) is 5.91. The van der Waals surface area contributed by atoms with E-state index in [2.05, 4.69) is 42.1 Å². The first-order chi connectivity index (χ1) is 15.7. The first-order valence-electron chi connectivity index (χ1n) is 10.4. The minimum absolute atomic E-state index is 0.123. The molecule has 0 radical (unpaired) electrons. The molecule has 0 aliphatic carbocycles. The summed E-state index contributed by atoms with van der Waals surface area (Å²) in [5.74, 6) is 6.61. The number of fused-ring (bicyclic) bond motifs is 1. The molecule has 1 atom stereocenters. The summed E-state index contributed by atoms with van der Waals surface area (Å²) in [7, 11) is 0. The Morgan fingerprint density at radius 1 is 1.33 bits per heavy atom. The highest BCUT2D eigenvalue weighted by atomic mass is 16.6. The van der Waals surface area contributed by atoms with E-state index in [-0.39, 0.29) is 18.5 Å². The van der Waals surface area contributed by atoms with Gasteiger partial charge in [-0.1, -0.05) is 5.92 Å². The number of ether oxygens (including phenoxy) is 1. The Labute approximate surface area is 189 Å². The molecule has 0 fully saturated rings. The molecule has 0 aliphatic heterocycles. The van der Waals surface area contributed by atoms with Gasteiger partial charge in [0.2, 0.25) is 5.88 Å². The van der Waals surface area contributed by atoms with Crippen molar-refractivity contribution in [2.45, 2.75) is 45.4 Å². The van der Waals surface area contributed by atoms with Crippen LogP contribution < -0.4 is 16.2 Å². The zero-order valence-corrected chi connectivity index (χ0v) is 18.5. The van der Waals surface area contributed by atoms with Gasteiger partial charge in [-0.25, -0.2) is 19.6 Å². The molecule has 4 rings (SSSR count). The number of hydrogen-bond acceptors (Lipinski definition) is 10. The van der Waals surface area contributed by atoms with Crippen molar-refractivity contribution in [2.24, 2.45) is 5.73 Å². The van der Waals surface area contributed by atoms with Crippen LogP contribution in [0.1, 0.15) is 32.2 Å². The van der Waals surface area contributed by atoms with E-state index in [4.69, 9.17) is 20.8 Å². The van der Waals surface area contributed by atoms with Crippen LogP contribution in [-0.4, -0.2) is 58.2 Å². The molecule has 0 saturated carbocycles. The maximum absolute atomic E-state index is 10.1. The van der Waals surface area contributed by atoms with E-state index < -0.39 is 5.60 Å². The highest BCUT2D eigenvalue weighted by Gasteiger charge is 2.22. The molecule has 172 valence electrons. The van der Waals surface area contributed by atoms with Gasteiger partial charge in [-0.2, -0.15) is 0 Å². The summed E-state index contributed by atoms with van der Waals surface area (Å²) in [5.41, 5.74) is 13.7. The molecule has 12 heteroatoms. The van der Waals surface area contributed by atoms with Gasteiger partial charge in [-0.15, -0.1) is 0 Å². The van der Waals surface area contributed by atoms with Crippen molar-refractivity contribution in [3.05, 3.63) is 30.0 Å². The predicted molar refractivity (Wildman–Crippen MR) is 120 cm³/mol. The summed E-state index contributed by atoms with van der Waals surface area (Å²) in [5, 5.41) is 17.6. The zero-order chi connectivity index (χ0) is 23.6. The second-order valence-electron chi connectivity index (χ2n) is 8.02. The number of aromatic nitrogens is 7. The topological polar surface area (TPSA) is 180 Å².